The summed E-state index contributed by atoms with van der Waals surface area (Å²) in [5.74, 6) is -0.0926. The molecule has 1 N–H and O–H groups in total. The van der Waals surface area contributed by atoms with Crippen LogP contribution in [-0.4, -0.2) is 21.0 Å². The standard InChI is InChI=1S/C7H5N3OS/c11-7(5-1-9-10-2-5)6-3-12-4-8-6/h1-4H,(H,9,10). The first-order valence-electron chi connectivity index (χ1n) is 3.29. The zero-order valence-corrected chi connectivity index (χ0v) is 6.84. The van der Waals surface area contributed by atoms with Crippen LogP contribution in [0.3, 0.4) is 0 Å². The number of nitrogens with one attached hydrogen (secondary N) is 1. The van der Waals surface area contributed by atoms with Gasteiger partial charge in [0.15, 0.2) is 0 Å². The van der Waals surface area contributed by atoms with Crippen molar-refractivity contribution in [1.29, 1.82) is 0 Å². The quantitative estimate of drug-likeness (QED) is 0.702. The van der Waals surface area contributed by atoms with Gasteiger partial charge < -0.3 is 0 Å². The second-order valence-electron chi connectivity index (χ2n) is 2.19. The molecule has 2 rings (SSSR count). The molecule has 0 aromatic carbocycles. The molecule has 2 aromatic heterocycles. The predicted octanol–water partition coefficient (Wildman–Crippen LogP) is 1.10. The Balaban J connectivity index is 2.34. The average Bonchev–Trinajstić information content (AvgIpc) is 2.77. The maximum Gasteiger partial charge on any atom is 0.215 e. The lowest BCUT2D eigenvalue weighted by molar-refractivity contribution is 0.103. The van der Waals surface area contributed by atoms with Gasteiger partial charge in [0.25, 0.3) is 0 Å². The average molecular weight is 179 g/mol. The van der Waals surface area contributed by atoms with Gasteiger partial charge in [-0.25, -0.2) is 4.98 Å². The molecule has 0 atom stereocenters. The third kappa shape index (κ3) is 1.14. The van der Waals surface area contributed by atoms with Crippen molar-refractivity contribution in [1.82, 2.24) is 15.2 Å². The molecule has 0 fully saturated rings. The van der Waals surface area contributed by atoms with Crippen LogP contribution in [0.2, 0.25) is 0 Å². The zero-order chi connectivity index (χ0) is 8.39. The van der Waals surface area contributed by atoms with E-state index in [0.717, 1.165) is 0 Å². The fourth-order valence-corrected chi connectivity index (χ4v) is 1.38. The van der Waals surface area contributed by atoms with Gasteiger partial charge in [-0.2, -0.15) is 5.10 Å². The Morgan fingerprint density at radius 1 is 1.58 bits per heavy atom. The number of aromatic nitrogens is 3. The first-order chi connectivity index (χ1) is 5.88. The second-order valence-corrected chi connectivity index (χ2v) is 2.91. The number of aromatic amines is 1. The molecular weight excluding hydrogens is 174 g/mol. The molecule has 2 heterocycles. The molecule has 0 radical (unpaired) electrons. The molecule has 2 aromatic rings. The Hall–Kier alpha value is -1.49. The van der Waals surface area contributed by atoms with Crippen LogP contribution in [-0.2, 0) is 0 Å². The van der Waals surface area contributed by atoms with Crippen LogP contribution in [0.5, 0.6) is 0 Å². The Kier molecular flexibility index (Phi) is 1.71. The monoisotopic (exact) mass is 179 g/mol. The maximum atomic E-state index is 11.5. The van der Waals surface area contributed by atoms with Crippen molar-refractivity contribution in [2.45, 2.75) is 0 Å². The minimum atomic E-state index is -0.0926. The van der Waals surface area contributed by atoms with Gasteiger partial charge in [0.05, 0.1) is 17.3 Å². The fourth-order valence-electron chi connectivity index (χ4n) is 0.848. The zero-order valence-electron chi connectivity index (χ0n) is 6.02. The fraction of sp³-hybridized carbons (Fsp3) is 0. The van der Waals surface area contributed by atoms with Crippen LogP contribution in [0.1, 0.15) is 16.1 Å². The van der Waals surface area contributed by atoms with E-state index in [4.69, 9.17) is 0 Å². The van der Waals surface area contributed by atoms with E-state index in [0.29, 0.717) is 11.3 Å². The van der Waals surface area contributed by atoms with Crippen LogP contribution in [0, 0.1) is 0 Å². The number of rotatable bonds is 2. The first kappa shape index (κ1) is 7.17. The number of thiazole rings is 1. The molecule has 0 saturated carbocycles. The Labute approximate surface area is 72.3 Å². The number of hydrogen-bond donors (Lipinski definition) is 1. The second kappa shape index (κ2) is 2.86. The van der Waals surface area contributed by atoms with Gasteiger partial charge in [0, 0.05) is 11.6 Å². The number of carbonyl (C=O) groups is 1. The molecule has 5 heteroatoms. The van der Waals surface area contributed by atoms with E-state index in [1.807, 2.05) is 0 Å². The molecule has 0 bridgehead atoms. The Morgan fingerprint density at radius 3 is 3.08 bits per heavy atom. The van der Waals surface area contributed by atoms with Crippen molar-refractivity contribution in [3.8, 4) is 0 Å². The molecule has 0 spiro atoms. The van der Waals surface area contributed by atoms with Gasteiger partial charge in [-0.3, -0.25) is 9.89 Å². The minimum Gasteiger partial charge on any atom is -0.287 e. The normalized spacial score (nSPS) is 10.0. The Morgan fingerprint density at radius 2 is 2.50 bits per heavy atom. The van der Waals surface area contributed by atoms with Crippen molar-refractivity contribution < 1.29 is 4.79 Å². The van der Waals surface area contributed by atoms with Gasteiger partial charge in [0.2, 0.25) is 5.78 Å². The number of ketones is 1. The largest absolute Gasteiger partial charge is 0.287 e. The Bertz CT molecular complexity index is 329. The summed E-state index contributed by atoms with van der Waals surface area (Å²) < 4.78 is 0. The number of nitrogens with zero attached hydrogens (tertiary/aromatic N) is 2. The molecule has 4 nitrogen and oxygen atoms in total. The minimum absolute atomic E-state index is 0.0926. The summed E-state index contributed by atoms with van der Waals surface area (Å²) in [5, 5.41) is 7.98. The number of carbonyl (C=O) groups excluding carboxylic acids is 1. The summed E-state index contributed by atoms with van der Waals surface area (Å²) in [5.41, 5.74) is 2.65. The van der Waals surface area contributed by atoms with Crippen molar-refractivity contribution in [2.75, 3.05) is 0 Å². The van der Waals surface area contributed by atoms with Gasteiger partial charge in [0.1, 0.15) is 5.69 Å². The third-order valence-corrected chi connectivity index (χ3v) is 2.01. The van der Waals surface area contributed by atoms with Gasteiger partial charge in [-0.15, -0.1) is 11.3 Å². The van der Waals surface area contributed by atoms with E-state index in [-0.39, 0.29) is 5.78 Å². The lowest BCUT2D eigenvalue weighted by Gasteiger charge is -1.88. The molecule has 60 valence electrons. The lowest BCUT2D eigenvalue weighted by Crippen LogP contribution is -1.99. The van der Waals surface area contributed by atoms with Gasteiger partial charge >= 0.3 is 0 Å². The molecule has 0 aliphatic heterocycles. The lowest BCUT2D eigenvalue weighted by atomic mass is 10.2. The summed E-state index contributed by atoms with van der Waals surface area (Å²) >= 11 is 1.40. The van der Waals surface area contributed by atoms with E-state index >= 15 is 0 Å². The van der Waals surface area contributed by atoms with E-state index in [9.17, 15) is 4.79 Å². The van der Waals surface area contributed by atoms with Crippen molar-refractivity contribution >= 4 is 17.1 Å². The highest BCUT2D eigenvalue weighted by molar-refractivity contribution is 7.07. The van der Waals surface area contributed by atoms with Crippen molar-refractivity contribution in [3.05, 3.63) is 34.5 Å². The highest BCUT2D eigenvalue weighted by atomic mass is 32.1. The molecule has 0 saturated heterocycles. The van der Waals surface area contributed by atoms with Crippen LogP contribution in [0.15, 0.2) is 23.3 Å². The van der Waals surface area contributed by atoms with Crippen molar-refractivity contribution in [3.63, 3.8) is 0 Å². The van der Waals surface area contributed by atoms with Crippen LogP contribution in [0.25, 0.3) is 0 Å². The summed E-state index contributed by atoms with van der Waals surface area (Å²) in [7, 11) is 0. The van der Waals surface area contributed by atoms with E-state index in [1.165, 1.54) is 17.5 Å². The molecule has 12 heavy (non-hydrogen) atoms. The SMILES string of the molecule is O=C(c1cn[nH]c1)c1cscn1. The summed E-state index contributed by atoms with van der Waals surface area (Å²) in [6.07, 6.45) is 3.04. The smallest absolute Gasteiger partial charge is 0.215 e. The van der Waals surface area contributed by atoms with E-state index < -0.39 is 0 Å². The highest BCUT2D eigenvalue weighted by Gasteiger charge is 2.10. The third-order valence-electron chi connectivity index (χ3n) is 1.43. The summed E-state index contributed by atoms with van der Waals surface area (Å²) in [4.78, 5) is 15.4. The van der Waals surface area contributed by atoms with E-state index in [1.54, 1.807) is 17.1 Å². The van der Waals surface area contributed by atoms with Crippen molar-refractivity contribution in [2.24, 2.45) is 0 Å². The van der Waals surface area contributed by atoms with E-state index in [2.05, 4.69) is 15.2 Å². The number of H-pyrrole nitrogens is 1. The summed E-state index contributed by atoms with van der Waals surface area (Å²) in [6.45, 7) is 0. The first-order valence-corrected chi connectivity index (χ1v) is 4.24. The highest BCUT2D eigenvalue weighted by Crippen LogP contribution is 2.07. The van der Waals surface area contributed by atoms with Gasteiger partial charge in [-0.1, -0.05) is 0 Å². The molecule has 0 amide bonds. The molecule has 0 unspecified atom stereocenters. The molecular formula is C7H5N3OS. The predicted molar refractivity (Wildman–Crippen MR) is 44.1 cm³/mol. The topological polar surface area (TPSA) is 58.6 Å². The van der Waals surface area contributed by atoms with Crippen LogP contribution in [0.4, 0.5) is 0 Å². The molecule has 0 aliphatic carbocycles. The molecule has 0 aliphatic rings. The number of hydrogen-bond acceptors (Lipinski definition) is 4. The van der Waals surface area contributed by atoms with Crippen LogP contribution >= 0.6 is 11.3 Å². The van der Waals surface area contributed by atoms with Crippen LogP contribution < -0.4 is 0 Å². The maximum absolute atomic E-state index is 11.5. The van der Waals surface area contributed by atoms with Gasteiger partial charge in [-0.05, 0) is 0 Å². The summed E-state index contributed by atoms with van der Waals surface area (Å²) in [6, 6.07) is 0.